The van der Waals surface area contributed by atoms with Crippen molar-refractivity contribution in [3.63, 3.8) is 0 Å². The fraction of sp³-hybridized carbons (Fsp3) is 0.385. The third-order valence-corrected chi connectivity index (χ3v) is 2.83. The van der Waals surface area contributed by atoms with E-state index in [2.05, 4.69) is 11.9 Å². The number of hydrogen-bond donors (Lipinski definition) is 0. The van der Waals surface area contributed by atoms with Crippen molar-refractivity contribution in [3.8, 4) is 5.75 Å². The number of nitrogens with zero attached hydrogens (tertiary/aromatic N) is 1. The molecule has 0 bridgehead atoms. The second-order valence-corrected chi connectivity index (χ2v) is 3.86. The van der Waals surface area contributed by atoms with Gasteiger partial charge in [0.1, 0.15) is 12.4 Å². The fourth-order valence-corrected chi connectivity index (χ4v) is 1.78. The zero-order valence-electron chi connectivity index (χ0n) is 9.62. The molecule has 84 valence electrons. The van der Waals surface area contributed by atoms with E-state index in [1.807, 2.05) is 18.2 Å². The summed E-state index contributed by atoms with van der Waals surface area (Å²) in [6.45, 7) is 2.49. The number of rotatable bonds is 1. The molecule has 1 heterocycles. The first-order chi connectivity index (χ1) is 7.74. The van der Waals surface area contributed by atoms with Gasteiger partial charge in [-0.3, -0.25) is 9.79 Å². The minimum atomic E-state index is 0.100. The van der Waals surface area contributed by atoms with E-state index in [-0.39, 0.29) is 5.78 Å². The number of fused-ring (bicyclic) bond motifs is 1. The first kappa shape index (κ1) is 10.9. The molecule has 0 amide bonds. The molecule has 1 aromatic rings. The predicted octanol–water partition coefficient (Wildman–Crippen LogP) is 2.29. The van der Waals surface area contributed by atoms with E-state index in [1.54, 1.807) is 7.05 Å². The number of benzene rings is 1. The smallest absolute Gasteiger partial charge is 0.172 e. The van der Waals surface area contributed by atoms with Crippen LogP contribution in [0.3, 0.4) is 0 Å². The lowest BCUT2D eigenvalue weighted by Gasteiger charge is -2.06. The Morgan fingerprint density at radius 3 is 2.94 bits per heavy atom. The maximum absolute atomic E-state index is 12.0. The van der Waals surface area contributed by atoms with Gasteiger partial charge in [-0.1, -0.05) is 13.0 Å². The van der Waals surface area contributed by atoms with Crippen molar-refractivity contribution in [2.75, 3.05) is 13.7 Å². The van der Waals surface area contributed by atoms with E-state index in [9.17, 15) is 4.79 Å². The van der Waals surface area contributed by atoms with Crippen LogP contribution in [0.2, 0.25) is 0 Å². The predicted molar refractivity (Wildman–Crippen MR) is 63.6 cm³/mol. The van der Waals surface area contributed by atoms with E-state index in [4.69, 9.17) is 4.74 Å². The van der Waals surface area contributed by atoms with Gasteiger partial charge >= 0.3 is 0 Å². The zero-order chi connectivity index (χ0) is 11.5. The molecule has 1 aliphatic rings. The number of aliphatic imine (C=N–C) groups is 1. The van der Waals surface area contributed by atoms with Crippen LogP contribution in [0.5, 0.6) is 5.75 Å². The van der Waals surface area contributed by atoms with Crippen molar-refractivity contribution in [1.82, 2.24) is 0 Å². The Bertz CT molecular complexity index is 449. The number of carbonyl (C=O) groups excluding carboxylic acids is 1. The van der Waals surface area contributed by atoms with Gasteiger partial charge in [0, 0.05) is 7.05 Å². The Kier molecular flexibility index (Phi) is 3.04. The summed E-state index contributed by atoms with van der Waals surface area (Å²) < 4.78 is 5.57. The van der Waals surface area contributed by atoms with Crippen LogP contribution in [0.4, 0.5) is 0 Å². The second-order valence-electron chi connectivity index (χ2n) is 3.86. The topological polar surface area (TPSA) is 38.7 Å². The Labute approximate surface area is 95.2 Å². The Morgan fingerprint density at radius 2 is 2.25 bits per heavy atom. The highest BCUT2D eigenvalue weighted by Crippen LogP contribution is 2.24. The zero-order valence-corrected chi connectivity index (χ0v) is 9.62. The monoisotopic (exact) mass is 217 g/mol. The van der Waals surface area contributed by atoms with Crippen LogP contribution in [0.25, 0.3) is 0 Å². The van der Waals surface area contributed by atoms with Crippen molar-refractivity contribution >= 4 is 11.5 Å². The van der Waals surface area contributed by atoms with Gasteiger partial charge in [0.25, 0.3) is 0 Å². The molecule has 0 saturated carbocycles. The maximum Gasteiger partial charge on any atom is 0.172 e. The molecule has 0 unspecified atom stereocenters. The molecule has 3 nitrogen and oxygen atoms in total. The normalized spacial score (nSPS) is 17.9. The van der Waals surface area contributed by atoms with Crippen LogP contribution in [0.15, 0.2) is 23.2 Å². The average molecular weight is 217 g/mol. The molecule has 0 spiro atoms. The summed E-state index contributed by atoms with van der Waals surface area (Å²) >= 11 is 0. The first-order valence-electron chi connectivity index (χ1n) is 5.48. The largest absolute Gasteiger partial charge is 0.487 e. The van der Waals surface area contributed by atoms with Crippen molar-refractivity contribution in [1.29, 1.82) is 0 Å². The summed E-state index contributed by atoms with van der Waals surface area (Å²) in [5.74, 6) is 0.782. The molecule has 0 aromatic heterocycles. The molecule has 1 aromatic carbocycles. The molecule has 3 heteroatoms. The van der Waals surface area contributed by atoms with E-state index in [0.717, 1.165) is 17.7 Å². The van der Waals surface area contributed by atoms with E-state index in [0.29, 0.717) is 24.3 Å². The highest BCUT2D eigenvalue weighted by molar-refractivity contribution is 6.12. The molecule has 16 heavy (non-hydrogen) atoms. The number of ether oxygens (including phenoxy) is 1. The molecule has 0 N–H and O–H groups in total. The Morgan fingerprint density at radius 1 is 1.44 bits per heavy atom. The van der Waals surface area contributed by atoms with Crippen LogP contribution >= 0.6 is 0 Å². The summed E-state index contributed by atoms with van der Waals surface area (Å²) in [6, 6.07) is 5.81. The number of Topliss-reactive ketones (excluding diaryl/α,β-unsaturated/α-hetero) is 1. The van der Waals surface area contributed by atoms with Gasteiger partial charge < -0.3 is 4.74 Å². The van der Waals surface area contributed by atoms with Crippen LogP contribution in [0, 0.1) is 0 Å². The maximum atomic E-state index is 12.0. The molecule has 0 radical (unpaired) electrons. The van der Waals surface area contributed by atoms with Crippen molar-refractivity contribution in [2.45, 2.75) is 19.8 Å². The molecule has 0 saturated heterocycles. The fourth-order valence-electron chi connectivity index (χ4n) is 1.78. The number of aryl methyl sites for hydroxylation is 1. The van der Waals surface area contributed by atoms with Crippen LogP contribution in [0.1, 0.15) is 29.3 Å². The molecular formula is C13H15NO2. The highest BCUT2D eigenvalue weighted by Gasteiger charge is 2.20. The minimum absolute atomic E-state index is 0.100. The SMILES string of the molecule is CCc1ccc2c(c1)C(=O)CC(=NC)CO2. The van der Waals surface area contributed by atoms with Gasteiger partial charge in [-0.2, -0.15) is 0 Å². The Balaban J connectivity index is 2.41. The lowest BCUT2D eigenvalue weighted by atomic mass is 10.0. The summed E-state index contributed by atoms with van der Waals surface area (Å²) in [5, 5.41) is 0. The molecule has 0 atom stereocenters. The standard InChI is InChI=1S/C13H15NO2/c1-3-9-4-5-13-11(6-9)12(15)7-10(14-2)8-16-13/h4-6H,3,7-8H2,1-2H3. The quantitative estimate of drug-likeness (QED) is 0.724. The summed E-state index contributed by atoms with van der Waals surface area (Å²) in [4.78, 5) is 16.0. The van der Waals surface area contributed by atoms with Gasteiger partial charge in [-0.15, -0.1) is 0 Å². The van der Waals surface area contributed by atoms with Gasteiger partial charge in [0.05, 0.1) is 17.7 Å². The average Bonchev–Trinajstić information content (AvgIpc) is 2.48. The Hall–Kier alpha value is -1.64. The molecule has 0 aliphatic carbocycles. The summed E-state index contributed by atoms with van der Waals surface area (Å²) in [7, 11) is 1.69. The van der Waals surface area contributed by atoms with Gasteiger partial charge in [-0.25, -0.2) is 0 Å². The van der Waals surface area contributed by atoms with E-state index >= 15 is 0 Å². The number of ketones is 1. The van der Waals surface area contributed by atoms with E-state index in [1.165, 1.54) is 0 Å². The molecule has 0 fully saturated rings. The lowest BCUT2D eigenvalue weighted by molar-refractivity contribution is 0.100. The van der Waals surface area contributed by atoms with Crippen molar-refractivity contribution < 1.29 is 9.53 Å². The minimum Gasteiger partial charge on any atom is -0.487 e. The summed E-state index contributed by atoms with van der Waals surface area (Å²) in [5.41, 5.74) is 2.66. The third-order valence-electron chi connectivity index (χ3n) is 2.83. The van der Waals surface area contributed by atoms with Crippen molar-refractivity contribution in [2.24, 2.45) is 4.99 Å². The molecular weight excluding hydrogens is 202 g/mol. The lowest BCUT2D eigenvalue weighted by Crippen LogP contribution is -2.11. The van der Waals surface area contributed by atoms with E-state index < -0.39 is 0 Å². The van der Waals surface area contributed by atoms with Gasteiger partial charge in [0.15, 0.2) is 5.78 Å². The molecule has 2 rings (SSSR count). The van der Waals surface area contributed by atoms with Crippen molar-refractivity contribution in [3.05, 3.63) is 29.3 Å². The highest BCUT2D eigenvalue weighted by atomic mass is 16.5. The third kappa shape index (κ3) is 1.98. The molecule has 1 aliphatic heterocycles. The second kappa shape index (κ2) is 4.47. The number of carbonyl (C=O) groups is 1. The van der Waals surface area contributed by atoms with Crippen LogP contribution in [-0.4, -0.2) is 25.1 Å². The van der Waals surface area contributed by atoms with Gasteiger partial charge in [0.2, 0.25) is 0 Å². The number of hydrogen-bond acceptors (Lipinski definition) is 3. The van der Waals surface area contributed by atoms with Crippen LogP contribution < -0.4 is 4.74 Å². The summed E-state index contributed by atoms with van der Waals surface area (Å²) in [6.07, 6.45) is 1.30. The van der Waals surface area contributed by atoms with Crippen LogP contribution in [-0.2, 0) is 6.42 Å². The first-order valence-corrected chi connectivity index (χ1v) is 5.48. The van der Waals surface area contributed by atoms with Gasteiger partial charge in [-0.05, 0) is 24.1 Å².